The molecule has 170 valence electrons. The van der Waals surface area contributed by atoms with E-state index in [-0.39, 0.29) is 0 Å². The lowest BCUT2D eigenvalue weighted by Gasteiger charge is -2.10. The molecule has 5 heteroatoms. The summed E-state index contributed by atoms with van der Waals surface area (Å²) in [6.45, 7) is 0. The Balaban J connectivity index is 1.61. The second-order valence-corrected chi connectivity index (χ2v) is 9.01. The van der Waals surface area contributed by atoms with Crippen LogP contribution in [-0.4, -0.2) is 15.0 Å². The molecule has 0 aliphatic carbocycles. The van der Waals surface area contributed by atoms with Crippen molar-refractivity contribution >= 4 is 44.3 Å². The Morgan fingerprint density at radius 1 is 0.528 bits per heavy atom. The number of benzene rings is 5. The van der Waals surface area contributed by atoms with Crippen LogP contribution in [0.5, 0.6) is 0 Å². The molecule has 0 atom stereocenters. The molecule has 0 fully saturated rings. The van der Waals surface area contributed by atoms with Gasteiger partial charge in [0.2, 0.25) is 0 Å². The van der Waals surface area contributed by atoms with Gasteiger partial charge in [-0.1, -0.05) is 109 Å². The van der Waals surface area contributed by atoms with Gasteiger partial charge >= 0.3 is 0 Å². The maximum absolute atomic E-state index is 6.55. The van der Waals surface area contributed by atoms with E-state index in [2.05, 4.69) is 18.2 Å². The zero-order valence-electron chi connectivity index (χ0n) is 19.0. The predicted octanol–water partition coefficient (Wildman–Crippen LogP) is 8.58. The van der Waals surface area contributed by atoms with E-state index < -0.39 is 0 Å². The Kier molecular flexibility index (Phi) is 4.79. The highest BCUT2D eigenvalue weighted by atomic mass is 35.5. The van der Waals surface area contributed by atoms with Gasteiger partial charge in [0.1, 0.15) is 5.58 Å². The van der Waals surface area contributed by atoms with Gasteiger partial charge in [0, 0.05) is 32.8 Å². The van der Waals surface area contributed by atoms with E-state index in [0.717, 1.165) is 43.8 Å². The van der Waals surface area contributed by atoms with E-state index in [1.54, 1.807) is 0 Å². The summed E-state index contributed by atoms with van der Waals surface area (Å²) in [5, 5.41) is 4.50. The number of furan rings is 1. The van der Waals surface area contributed by atoms with Crippen molar-refractivity contribution in [3.8, 4) is 34.2 Å². The summed E-state index contributed by atoms with van der Waals surface area (Å²) < 4.78 is 6.39. The summed E-state index contributed by atoms with van der Waals surface area (Å²) in [6, 6.07) is 36.1. The van der Waals surface area contributed by atoms with Gasteiger partial charge in [-0.25, -0.2) is 15.0 Å². The number of aromatic nitrogens is 3. The molecule has 5 aromatic carbocycles. The number of hydrogen-bond donors (Lipinski definition) is 0. The van der Waals surface area contributed by atoms with Gasteiger partial charge in [-0.2, -0.15) is 0 Å². The Morgan fingerprint density at radius 2 is 1.11 bits per heavy atom. The quantitative estimate of drug-likeness (QED) is 0.252. The Bertz CT molecular complexity index is 1840. The lowest BCUT2D eigenvalue weighted by Crippen LogP contribution is -2.00. The first-order valence-corrected chi connectivity index (χ1v) is 12.0. The monoisotopic (exact) mass is 483 g/mol. The van der Waals surface area contributed by atoms with Gasteiger partial charge in [0.05, 0.1) is 5.02 Å². The molecule has 4 nitrogen and oxygen atoms in total. The fraction of sp³-hybridized carbons (Fsp3) is 0. The van der Waals surface area contributed by atoms with Gasteiger partial charge < -0.3 is 4.42 Å². The zero-order valence-corrected chi connectivity index (χ0v) is 19.8. The highest BCUT2D eigenvalue weighted by Crippen LogP contribution is 2.42. The normalized spacial score (nSPS) is 11.5. The molecule has 2 aromatic heterocycles. The molecule has 7 aromatic rings. The van der Waals surface area contributed by atoms with Crippen molar-refractivity contribution < 1.29 is 4.42 Å². The summed E-state index contributed by atoms with van der Waals surface area (Å²) in [4.78, 5) is 14.8. The standard InChI is InChI=1S/C31H18ClN3O/c32-25-17-9-16-23-26-24(18-21-14-7-8-15-22(21)28(26)36-27(23)25)31-34-29(19-10-3-1-4-11-19)33-30(35-31)20-12-5-2-6-13-20/h1-18H. The van der Waals surface area contributed by atoms with E-state index in [1.165, 1.54) is 0 Å². The summed E-state index contributed by atoms with van der Waals surface area (Å²) >= 11 is 6.55. The van der Waals surface area contributed by atoms with Crippen molar-refractivity contribution in [3.05, 3.63) is 114 Å². The second kappa shape index (κ2) is 8.29. The average Bonchev–Trinajstić information content (AvgIpc) is 3.35. The smallest absolute Gasteiger partial charge is 0.164 e. The fourth-order valence-electron chi connectivity index (χ4n) is 4.70. The van der Waals surface area contributed by atoms with Crippen LogP contribution in [0.3, 0.4) is 0 Å². The van der Waals surface area contributed by atoms with E-state index in [1.807, 2.05) is 91.0 Å². The third-order valence-corrected chi connectivity index (χ3v) is 6.68. The number of nitrogens with zero attached hydrogens (tertiary/aromatic N) is 3. The van der Waals surface area contributed by atoms with E-state index in [0.29, 0.717) is 28.1 Å². The van der Waals surface area contributed by atoms with Gasteiger partial charge in [-0.3, -0.25) is 0 Å². The molecule has 0 saturated carbocycles. The Labute approximate surface area is 211 Å². The van der Waals surface area contributed by atoms with Gasteiger partial charge in [-0.15, -0.1) is 0 Å². The van der Waals surface area contributed by atoms with Crippen molar-refractivity contribution in [2.24, 2.45) is 0 Å². The van der Waals surface area contributed by atoms with Crippen LogP contribution >= 0.6 is 11.6 Å². The highest BCUT2D eigenvalue weighted by molar-refractivity contribution is 6.36. The average molecular weight is 484 g/mol. The first kappa shape index (κ1) is 20.8. The van der Waals surface area contributed by atoms with Crippen LogP contribution in [0, 0.1) is 0 Å². The summed E-state index contributed by atoms with van der Waals surface area (Å²) in [7, 11) is 0. The lowest BCUT2D eigenvalue weighted by atomic mass is 9.99. The fourth-order valence-corrected chi connectivity index (χ4v) is 4.92. The molecule has 0 aliphatic heterocycles. The van der Waals surface area contributed by atoms with E-state index >= 15 is 0 Å². The van der Waals surface area contributed by atoms with Crippen LogP contribution < -0.4 is 0 Å². The van der Waals surface area contributed by atoms with Crippen LogP contribution in [0.2, 0.25) is 5.02 Å². The van der Waals surface area contributed by atoms with Crippen LogP contribution in [0.4, 0.5) is 0 Å². The number of fused-ring (bicyclic) bond motifs is 5. The molecule has 0 unspecified atom stereocenters. The molecule has 0 amide bonds. The molecule has 0 N–H and O–H groups in total. The summed E-state index contributed by atoms with van der Waals surface area (Å²) in [5.41, 5.74) is 4.16. The minimum Gasteiger partial charge on any atom is -0.454 e. The minimum atomic E-state index is 0.573. The van der Waals surface area contributed by atoms with Crippen LogP contribution in [0.25, 0.3) is 66.9 Å². The molecular formula is C31H18ClN3O. The van der Waals surface area contributed by atoms with Crippen molar-refractivity contribution in [1.82, 2.24) is 15.0 Å². The highest BCUT2D eigenvalue weighted by Gasteiger charge is 2.20. The van der Waals surface area contributed by atoms with Crippen molar-refractivity contribution in [2.75, 3.05) is 0 Å². The maximum atomic E-state index is 6.55. The van der Waals surface area contributed by atoms with Crippen LogP contribution in [0.15, 0.2) is 114 Å². The largest absolute Gasteiger partial charge is 0.454 e. The Morgan fingerprint density at radius 3 is 1.81 bits per heavy atom. The number of halogens is 1. The number of rotatable bonds is 3. The van der Waals surface area contributed by atoms with Crippen molar-refractivity contribution in [2.45, 2.75) is 0 Å². The van der Waals surface area contributed by atoms with Gasteiger partial charge in [0.25, 0.3) is 0 Å². The van der Waals surface area contributed by atoms with Crippen molar-refractivity contribution in [1.29, 1.82) is 0 Å². The number of hydrogen-bond acceptors (Lipinski definition) is 4. The molecule has 2 heterocycles. The van der Waals surface area contributed by atoms with Gasteiger partial charge in [0.15, 0.2) is 23.1 Å². The molecular weight excluding hydrogens is 466 g/mol. The SMILES string of the molecule is Clc1cccc2c1oc1c3ccccc3cc(-c3nc(-c4ccccc4)nc(-c4ccccc4)n3)c21. The molecule has 0 spiro atoms. The molecule has 0 saturated heterocycles. The topological polar surface area (TPSA) is 51.8 Å². The first-order valence-electron chi connectivity index (χ1n) is 11.7. The van der Waals surface area contributed by atoms with Crippen LogP contribution in [0.1, 0.15) is 0 Å². The molecule has 36 heavy (non-hydrogen) atoms. The van der Waals surface area contributed by atoms with Gasteiger partial charge in [-0.05, 0) is 17.5 Å². The summed E-state index contributed by atoms with van der Waals surface area (Å²) in [5.74, 6) is 1.82. The van der Waals surface area contributed by atoms with Crippen molar-refractivity contribution in [3.63, 3.8) is 0 Å². The molecule has 7 rings (SSSR count). The zero-order chi connectivity index (χ0) is 24.1. The maximum Gasteiger partial charge on any atom is 0.164 e. The number of para-hydroxylation sites is 1. The van der Waals surface area contributed by atoms with Crippen LogP contribution in [-0.2, 0) is 0 Å². The van der Waals surface area contributed by atoms with E-state index in [9.17, 15) is 0 Å². The predicted molar refractivity (Wildman–Crippen MR) is 146 cm³/mol. The lowest BCUT2D eigenvalue weighted by molar-refractivity contribution is 0.673. The molecule has 0 bridgehead atoms. The minimum absolute atomic E-state index is 0.573. The first-order chi connectivity index (χ1) is 17.8. The third-order valence-electron chi connectivity index (χ3n) is 6.38. The second-order valence-electron chi connectivity index (χ2n) is 8.61. The molecule has 0 radical (unpaired) electrons. The summed E-state index contributed by atoms with van der Waals surface area (Å²) in [6.07, 6.45) is 0. The van der Waals surface area contributed by atoms with E-state index in [4.69, 9.17) is 31.0 Å². The third kappa shape index (κ3) is 3.35. The Hall–Kier alpha value is -4.54. The molecule has 0 aliphatic rings.